The number of aromatic amines is 1. The molecular formula is C24H32N4O2. The molecule has 2 saturated heterocycles. The molecule has 0 unspecified atom stereocenters. The molecule has 1 aliphatic carbocycles. The average molecular weight is 409 g/mol. The summed E-state index contributed by atoms with van der Waals surface area (Å²) in [6, 6.07) is 9.54. The van der Waals surface area contributed by atoms with E-state index in [1.54, 1.807) is 12.4 Å². The van der Waals surface area contributed by atoms with E-state index in [9.17, 15) is 4.79 Å². The Bertz CT molecular complexity index is 814. The lowest BCUT2D eigenvalue weighted by atomic mass is 9.94. The molecule has 2 aliphatic heterocycles. The van der Waals surface area contributed by atoms with Gasteiger partial charge in [-0.15, -0.1) is 0 Å². The number of H-pyrrole nitrogens is 1. The number of hydrogen-bond acceptors (Lipinski definition) is 4. The van der Waals surface area contributed by atoms with E-state index in [1.807, 2.05) is 4.90 Å². The maximum absolute atomic E-state index is 13.1. The standard InChI is InChI=1S/C24H32N4O2/c29-24(21-14-25-26-15-21)28(17-23-6-3-11-30-23)16-18-7-9-27(10-8-18)22-12-19-4-1-2-5-20(19)13-22/h1-2,4-5,14-15,18,22-23H,3,6-13,16-17H2,(H,25,26)/t23-/m0/s1. The van der Waals surface area contributed by atoms with Gasteiger partial charge in [-0.3, -0.25) is 14.8 Å². The fourth-order valence-electron chi connectivity index (χ4n) is 5.43. The lowest BCUT2D eigenvalue weighted by molar-refractivity contribution is 0.0430. The third kappa shape index (κ3) is 4.30. The van der Waals surface area contributed by atoms with Crippen molar-refractivity contribution in [2.75, 3.05) is 32.8 Å². The third-order valence-corrected chi connectivity index (χ3v) is 7.15. The summed E-state index contributed by atoms with van der Waals surface area (Å²) < 4.78 is 5.83. The Hall–Kier alpha value is -2.18. The fraction of sp³-hybridized carbons (Fsp3) is 0.583. The molecule has 1 amide bonds. The van der Waals surface area contributed by atoms with Crippen LogP contribution in [0.15, 0.2) is 36.7 Å². The first-order chi connectivity index (χ1) is 14.8. The molecule has 0 saturated carbocycles. The molecule has 6 heteroatoms. The molecule has 30 heavy (non-hydrogen) atoms. The fourth-order valence-corrected chi connectivity index (χ4v) is 5.43. The number of fused-ring (bicyclic) bond motifs is 1. The minimum absolute atomic E-state index is 0.0768. The van der Waals surface area contributed by atoms with E-state index < -0.39 is 0 Å². The summed E-state index contributed by atoms with van der Waals surface area (Å²) >= 11 is 0. The number of nitrogens with one attached hydrogen (secondary N) is 1. The number of likely N-dealkylation sites (tertiary alicyclic amines) is 1. The highest BCUT2D eigenvalue weighted by Gasteiger charge is 2.32. The van der Waals surface area contributed by atoms with Crippen LogP contribution in [-0.2, 0) is 17.6 Å². The third-order valence-electron chi connectivity index (χ3n) is 7.15. The van der Waals surface area contributed by atoms with Gasteiger partial charge in [-0.05, 0) is 68.7 Å². The maximum atomic E-state index is 13.1. The minimum Gasteiger partial charge on any atom is -0.376 e. The second kappa shape index (κ2) is 8.90. The predicted octanol–water partition coefficient (Wildman–Crippen LogP) is 2.91. The molecule has 1 aromatic carbocycles. The number of aromatic nitrogens is 2. The van der Waals surface area contributed by atoms with Crippen LogP contribution in [0.4, 0.5) is 0 Å². The number of carbonyl (C=O) groups is 1. The van der Waals surface area contributed by atoms with Crippen molar-refractivity contribution in [1.29, 1.82) is 0 Å². The molecule has 2 fully saturated rings. The SMILES string of the molecule is O=C(c1cn[nH]c1)N(CC1CCN(C2Cc3ccccc3C2)CC1)C[C@@H]1CCCO1. The van der Waals surface area contributed by atoms with E-state index in [0.29, 0.717) is 24.1 Å². The van der Waals surface area contributed by atoms with Gasteiger partial charge in [0.1, 0.15) is 0 Å². The Morgan fingerprint density at radius 3 is 2.53 bits per heavy atom. The Morgan fingerprint density at radius 1 is 1.13 bits per heavy atom. The molecule has 0 bridgehead atoms. The van der Waals surface area contributed by atoms with Crippen LogP contribution in [0.3, 0.4) is 0 Å². The normalized spacial score (nSPS) is 23.0. The summed E-state index contributed by atoms with van der Waals surface area (Å²) in [6.45, 7) is 4.61. The summed E-state index contributed by atoms with van der Waals surface area (Å²) in [5, 5.41) is 6.74. The van der Waals surface area contributed by atoms with Gasteiger partial charge >= 0.3 is 0 Å². The lowest BCUT2D eigenvalue weighted by Gasteiger charge is -2.38. The molecule has 6 nitrogen and oxygen atoms in total. The Morgan fingerprint density at radius 2 is 1.90 bits per heavy atom. The van der Waals surface area contributed by atoms with E-state index in [2.05, 4.69) is 39.4 Å². The van der Waals surface area contributed by atoms with Crippen LogP contribution in [0.1, 0.15) is 47.2 Å². The first-order valence-corrected chi connectivity index (χ1v) is 11.5. The summed E-state index contributed by atoms with van der Waals surface area (Å²) in [7, 11) is 0. The van der Waals surface area contributed by atoms with Gasteiger partial charge in [-0.2, -0.15) is 5.10 Å². The molecule has 160 valence electrons. The second-order valence-corrected chi connectivity index (χ2v) is 9.14. The van der Waals surface area contributed by atoms with Crippen molar-refractivity contribution >= 4 is 5.91 Å². The molecule has 1 atom stereocenters. The van der Waals surface area contributed by atoms with Crippen molar-refractivity contribution in [3.05, 3.63) is 53.3 Å². The Kier molecular flexibility index (Phi) is 5.86. The summed E-state index contributed by atoms with van der Waals surface area (Å²) in [5.41, 5.74) is 3.70. The van der Waals surface area contributed by atoms with Crippen molar-refractivity contribution < 1.29 is 9.53 Å². The van der Waals surface area contributed by atoms with Gasteiger partial charge in [0, 0.05) is 31.9 Å². The van der Waals surface area contributed by atoms with Gasteiger partial charge in [0.05, 0.1) is 17.9 Å². The lowest BCUT2D eigenvalue weighted by Crippen LogP contribution is -2.46. The van der Waals surface area contributed by atoms with Crippen LogP contribution in [0.25, 0.3) is 0 Å². The minimum atomic E-state index is 0.0768. The number of hydrogen-bond donors (Lipinski definition) is 1. The zero-order valence-corrected chi connectivity index (χ0v) is 17.6. The van der Waals surface area contributed by atoms with Gasteiger partial charge in [-0.1, -0.05) is 24.3 Å². The molecular weight excluding hydrogens is 376 g/mol. The molecule has 1 aromatic heterocycles. The van der Waals surface area contributed by atoms with Crippen molar-refractivity contribution in [1.82, 2.24) is 20.0 Å². The summed E-state index contributed by atoms with van der Waals surface area (Å²) in [4.78, 5) is 17.8. The molecule has 2 aromatic rings. The van der Waals surface area contributed by atoms with Crippen LogP contribution in [0.5, 0.6) is 0 Å². The number of piperidine rings is 1. The first-order valence-electron chi connectivity index (χ1n) is 11.5. The number of ether oxygens (including phenoxy) is 1. The maximum Gasteiger partial charge on any atom is 0.257 e. The zero-order valence-electron chi connectivity index (χ0n) is 17.6. The molecule has 3 heterocycles. The van der Waals surface area contributed by atoms with E-state index in [0.717, 1.165) is 51.9 Å². The van der Waals surface area contributed by atoms with Crippen molar-refractivity contribution in [2.24, 2.45) is 5.92 Å². The Balaban J connectivity index is 1.17. The smallest absolute Gasteiger partial charge is 0.257 e. The van der Waals surface area contributed by atoms with Crippen molar-refractivity contribution in [2.45, 2.75) is 50.7 Å². The molecule has 0 spiro atoms. The zero-order chi connectivity index (χ0) is 20.3. The quantitative estimate of drug-likeness (QED) is 0.798. The second-order valence-electron chi connectivity index (χ2n) is 9.14. The van der Waals surface area contributed by atoms with Crippen LogP contribution in [0.2, 0.25) is 0 Å². The van der Waals surface area contributed by atoms with E-state index in [1.165, 1.54) is 24.0 Å². The van der Waals surface area contributed by atoms with Crippen LogP contribution < -0.4 is 0 Å². The molecule has 0 radical (unpaired) electrons. The van der Waals surface area contributed by atoms with Gasteiger partial charge < -0.3 is 9.64 Å². The number of amides is 1. The number of carbonyl (C=O) groups excluding carboxylic acids is 1. The number of rotatable bonds is 6. The van der Waals surface area contributed by atoms with Gasteiger partial charge in [0.25, 0.3) is 5.91 Å². The molecule has 1 N–H and O–H groups in total. The molecule has 3 aliphatic rings. The van der Waals surface area contributed by atoms with E-state index in [-0.39, 0.29) is 12.0 Å². The topological polar surface area (TPSA) is 61.5 Å². The highest BCUT2D eigenvalue weighted by molar-refractivity contribution is 5.93. The van der Waals surface area contributed by atoms with Gasteiger partial charge in [0.2, 0.25) is 0 Å². The van der Waals surface area contributed by atoms with Gasteiger partial charge in [0.15, 0.2) is 0 Å². The predicted molar refractivity (Wildman–Crippen MR) is 115 cm³/mol. The largest absolute Gasteiger partial charge is 0.376 e. The van der Waals surface area contributed by atoms with Crippen LogP contribution in [-0.4, -0.2) is 70.8 Å². The van der Waals surface area contributed by atoms with Crippen LogP contribution >= 0.6 is 0 Å². The van der Waals surface area contributed by atoms with E-state index >= 15 is 0 Å². The van der Waals surface area contributed by atoms with E-state index in [4.69, 9.17) is 4.74 Å². The number of benzene rings is 1. The van der Waals surface area contributed by atoms with Crippen molar-refractivity contribution in [3.63, 3.8) is 0 Å². The average Bonchev–Trinajstić information content (AvgIpc) is 3.54. The summed E-state index contributed by atoms with van der Waals surface area (Å²) in [5.74, 6) is 0.634. The van der Waals surface area contributed by atoms with Crippen LogP contribution in [0, 0.1) is 5.92 Å². The van der Waals surface area contributed by atoms with Gasteiger partial charge in [-0.25, -0.2) is 0 Å². The summed E-state index contributed by atoms with van der Waals surface area (Å²) in [6.07, 6.45) is 10.3. The van der Waals surface area contributed by atoms with Crippen molar-refractivity contribution in [3.8, 4) is 0 Å². The molecule has 5 rings (SSSR count). The monoisotopic (exact) mass is 408 g/mol. The number of nitrogens with zero attached hydrogens (tertiary/aromatic N) is 3. The first kappa shape index (κ1) is 19.8. The highest BCUT2D eigenvalue weighted by Crippen LogP contribution is 2.29. The highest BCUT2D eigenvalue weighted by atomic mass is 16.5. The Labute approximate surface area is 178 Å².